The minimum Gasteiger partial charge on any atom is -0.314 e. The van der Waals surface area contributed by atoms with Gasteiger partial charge in [0.25, 0.3) is 0 Å². The van der Waals surface area contributed by atoms with Crippen LogP contribution in [0.1, 0.15) is 30.7 Å². The second-order valence-corrected chi connectivity index (χ2v) is 7.22. The van der Waals surface area contributed by atoms with Crippen molar-refractivity contribution in [1.29, 1.82) is 0 Å². The van der Waals surface area contributed by atoms with Gasteiger partial charge in [-0.2, -0.15) is 0 Å². The van der Waals surface area contributed by atoms with Gasteiger partial charge < -0.3 is 5.32 Å². The third kappa shape index (κ3) is 2.16. The number of aromatic nitrogens is 1. The second kappa shape index (κ2) is 5.10. The van der Waals surface area contributed by atoms with Gasteiger partial charge in [0.1, 0.15) is 5.01 Å². The molecule has 106 valence electrons. The first kappa shape index (κ1) is 12.7. The van der Waals surface area contributed by atoms with Crippen molar-refractivity contribution in [2.45, 2.75) is 37.8 Å². The maximum Gasteiger partial charge on any atom is 0.108 e. The number of hydrogen-bond donors (Lipinski definition) is 1. The van der Waals surface area contributed by atoms with Crippen LogP contribution >= 0.6 is 11.3 Å². The number of benzene rings is 1. The Balaban J connectivity index is 1.60. The summed E-state index contributed by atoms with van der Waals surface area (Å²) in [4.78, 5) is 7.52. The molecule has 4 rings (SSSR count). The fraction of sp³-hybridized carbons (Fsp3) is 0.562. The van der Waals surface area contributed by atoms with Gasteiger partial charge in [-0.05, 0) is 25.0 Å². The molecule has 1 saturated carbocycles. The Hall–Kier alpha value is -0.970. The van der Waals surface area contributed by atoms with E-state index in [1.165, 1.54) is 35.4 Å². The van der Waals surface area contributed by atoms with Crippen LogP contribution in [0.3, 0.4) is 0 Å². The summed E-state index contributed by atoms with van der Waals surface area (Å²) in [6, 6.07) is 8.49. The summed E-state index contributed by atoms with van der Waals surface area (Å²) in [6.45, 7) is 4.47. The van der Waals surface area contributed by atoms with Crippen LogP contribution < -0.4 is 5.32 Å². The summed E-state index contributed by atoms with van der Waals surface area (Å²) in [6.07, 6.45) is 5.48. The van der Waals surface area contributed by atoms with Crippen molar-refractivity contribution in [3.63, 3.8) is 0 Å². The van der Waals surface area contributed by atoms with Gasteiger partial charge in [0.15, 0.2) is 0 Å². The van der Waals surface area contributed by atoms with Crippen molar-refractivity contribution in [2.24, 2.45) is 0 Å². The summed E-state index contributed by atoms with van der Waals surface area (Å²) in [5.41, 5.74) is 1.57. The molecule has 1 aromatic heterocycles. The van der Waals surface area contributed by atoms with Crippen LogP contribution in [-0.2, 0) is 6.54 Å². The van der Waals surface area contributed by atoms with Crippen molar-refractivity contribution in [2.75, 3.05) is 19.6 Å². The van der Waals surface area contributed by atoms with Crippen molar-refractivity contribution in [1.82, 2.24) is 15.2 Å². The van der Waals surface area contributed by atoms with Gasteiger partial charge >= 0.3 is 0 Å². The minimum atomic E-state index is 0.413. The Morgan fingerprint density at radius 2 is 2.10 bits per heavy atom. The zero-order chi connectivity index (χ0) is 13.4. The predicted molar refractivity (Wildman–Crippen MR) is 84.1 cm³/mol. The van der Waals surface area contributed by atoms with E-state index < -0.39 is 0 Å². The molecule has 2 aliphatic rings. The first-order valence-corrected chi connectivity index (χ1v) is 8.48. The number of fused-ring (bicyclic) bond motifs is 1. The van der Waals surface area contributed by atoms with Gasteiger partial charge in [-0.25, -0.2) is 4.98 Å². The van der Waals surface area contributed by atoms with Crippen LogP contribution in [0.5, 0.6) is 0 Å². The summed E-state index contributed by atoms with van der Waals surface area (Å²) >= 11 is 1.86. The molecule has 0 radical (unpaired) electrons. The Labute approximate surface area is 124 Å². The summed E-state index contributed by atoms with van der Waals surface area (Å²) in [5.74, 6) is 0. The molecule has 3 nitrogen and oxygen atoms in total. The SMILES string of the molecule is c1ccc2sc(CN3CCNCC34CCCC4)nc2c1. The number of nitrogens with one attached hydrogen (secondary N) is 1. The standard InChI is InChI=1S/C16H21N3S/c1-2-6-14-13(5-1)18-15(20-14)11-19-10-9-17-12-16(19)7-3-4-8-16/h1-2,5-6,17H,3-4,7-12H2. The third-order valence-corrected chi connectivity index (χ3v) is 5.90. The van der Waals surface area contributed by atoms with Gasteiger partial charge in [-0.1, -0.05) is 25.0 Å². The largest absolute Gasteiger partial charge is 0.314 e. The molecule has 2 heterocycles. The molecule has 0 atom stereocenters. The van der Waals surface area contributed by atoms with E-state index in [9.17, 15) is 0 Å². The normalized spacial score (nSPS) is 22.8. The van der Waals surface area contributed by atoms with E-state index in [4.69, 9.17) is 4.98 Å². The quantitative estimate of drug-likeness (QED) is 0.920. The zero-order valence-electron chi connectivity index (χ0n) is 11.8. The predicted octanol–water partition coefficient (Wildman–Crippen LogP) is 3.01. The van der Waals surface area contributed by atoms with Gasteiger partial charge in [0, 0.05) is 25.2 Å². The smallest absolute Gasteiger partial charge is 0.108 e. The first-order valence-electron chi connectivity index (χ1n) is 7.66. The van der Waals surface area contributed by atoms with Crippen molar-refractivity contribution in [3.05, 3.63) is 29.3 Å². The molecule has 4 heteroatoms. The Morgan fingerprint density at radius 1 is 1.25 bits per heavy atom. The molecule has 1 aliphatic heterocycles. The highest BCUT2D eigenvalue weighted by molar-refractivity contribution is 7.18. The van der Waals surface area contributed by atoms with Crippen LogP contribution in [0.2, 0.25) is 0 Å². The molecule has 0 unspecified atom stereocenters. The highest BCUT2D eigenvalue weighted by atomic mass is 32.1. The fourth-order valence-electron chi connectivity index (χ4n) is 3.81. The van der Waals surface area contributed by atoms with E-state index in [2.05, 4.69) is 34.5 Å². The molecular weight excluding hydrogens is 266 g/mol. The first-order chi connectivity index (χ1) is 9.86. The maximum atomic E-state index is 4.82. The average Bonchev–Trinajstić information content (AvgIpc) is 3.08. The fourth-order valence-corrected chi connectivity index (χ4v) is 4.79. The Kier molecular flexibility index (Phi) is 3.25. The van der Waals surface area contributed by atoms with E-state index in [0.717, 1.165) is 31.7 Å². The summed E-state index contributed by atoms with van der Waals surface area (Å²) in [7, 11) is 0. The molecule has 20 heavy (non-hydrogen) atoms. The van der Waals surface area contributed by atoms with Crippen LogP contribution in [0.25, 0.3) is 10.2 Å². The van der Waals surface area contributed by atoms with Gasteiger partial charge in [-0.15, -0.1) is 11.3 Å². The molecule has 1 N–H and O–H groups in total. The van der Waals surface area contributed by atoms with Crippen LogP contribution in [-0.4, -0.2) is 35.1 Å². The lowest BCUT2D eigenvalue weighted by Crippen LogP contribution is -2.59. The zero-order valence-corrected chi connectivity index (χ0v) is 12.6. The van der Waals surface area contributed by atoms with E-state index in [1.807, 2.05) is 11.3 Å². The molecule has 0 bridgehead atoms. The van der Waals surface area contributed by atoms with Crippen molar-refractivity contribution < 1.29 is 0 Å². The molecule has 1 aliphatic carbocycles. The van der Waals surface area contributed by atoms with E-state index in [-0.39, 0.29) is 0 Å². The number of para-hydroxylation sites is 1. The maximum absolute atomic E-state index is 4.82. The average molecular weight is 287 g/mol. The lowest BCUT2D eigenvalue weighted by atomic mass is 9.93. The molecule has 2 aromatic rings. The molecule has 2 fully saturated rings. The minimum absolute atomic E-state index is 0.413. The van der Waals surface area contributed by atoms with Gasteiger partial charge in [-0.3, -0.25) is 4.90 Å². The summed E-state index contributed by atoms with van der Waals surface area (Å²) in [5, 5.41) is 4.88. The number of rotatable bonds is 2. The van der Waals surface area contributed by atoms with Gasteiger partial charge in [0.05, 0.1) is 16.8 Å². The third-order valence-electron chi connectivity index (χ3n) is 4.88. The van der Waals surface area contributed by atoms with E-state index in [1.54, 1.807) is 0 Å². The lowest BCUT2D eigenvalue weighted by Gasteiger charge is -2.45. The van der Waals surface area contributed by atoms with Crippen molar-refractivity contribution in [3.8, 4) is 0 Å². The number of thiazole rings is 1. The Morgan fingerprint density at radius 3 is 2.95 bits per heavy atom. The van der Waals surface area contributed by atoms with Crippen LogP contribution in [0, 0.1) is 0 Å². The number of piperazine rings is 1. The monoisotopic (exact) mass is 287 g/mol. The topological polar surface area (TPSA) is 28.2 Å². The lowest BCUT2D eigenvalue weighted by molar-refractivity contribution is 0.0572. The molecule has 1 aromatic carbocycles. The molecule has 0 amide bonds. The van der Waals surface area contributed by atoms with E-state index in [0.29, 0.717) is 5.54 Å². The number of nitrogens with zero attached hydrogens (tertiary/aromatic N) is 2. The highest BCUT2D eigenvalue weighted by Gasteiger charge is 2.41. The number of hydrogen-bond acceptors (Lipinski definition) is 4. The molecule has 1 spiro atoms. The molecular formula is C16H21N3S. The molecule has 1 saturated heterocycles. The summed E-state index contributed by atoms with van der Waals surface area (Å²) < 4.78 is 1.32. The van der Waals surface area contributed by atoms with E-state index >= 15 is 0 Å². The Bertz CT molecular complexity index is 568. The van der Waals surface area contributed by atoms with Crippen LogP contribution in [0.4, 0.5) is 0 Å². The second-order valence-electron chi connectivity index (χ2n) is 6.11. The van der Waals surface area contributed by atoms with Crippen molar-refractivity contribution >= 4 is 21.6 Å². The highest BCUT2D eigenvalue weighted by Crippen LogP contribution is 2.37. The van der Waals surface area contributed by atoms with Gasteiger partial charge in [0.2, 0.25) is 0 Å². The van der Waals surface area contributed by atoms with Crippen LogP contribution in [0.15, 0.2) is 24.3 Å².